The Hall–Kier alpha value is -3.87. The van der Waals surface area contributed by atoms with Crippen LogP contribution in [-0.4, -0.2) is 28.9 Å². The lowest BCUT2D eigenvalue weighted by atomic mass is 10.1. The van der Waals surface area contributed by atoms with E-state index in [1.54, 1.807) is 33.8 Å². The molecular formula is C26H28N4O3. The zero-order valence-electron chi connectivity index (χ0n) is 19.3. The van der Waals surface area contributed by atoms with E-state index in [0.29, 0.717) is 17.8 Å². The number of carbonyl (C=O) groups is 3. The van der Waals surface area contributed by atoms with Crippen LogP contribution in [-0.2, 0) is 9.59 Å². The molecule has 1 atom stereocenters. The van der Waals surface area contributed by atoms with Gasteiger partial charge in [0, 0.05) is 41.3 Å². The molecule has 1 aliphatic heterocycles. The number of nitrogens with one attached hydrogen (secondary N) is 2. The topological polar surface area (TPSA) is 83.4 Å². The van der Waals surface area contributed by atoms with Crippen molar-refractivity contribution in [3.63, 3.8) is 0 Å². The first kappa shape index (κ1) is 22.3. The van der Waals surface area contributed by atoms with E-state index in [2.05, 4.69) is 10.7 Å². The fourth-order valence-corrected chi connectivity index (χ4v) is 4.32. The third-order valence-electron chi connectivity index (χ3n) is 6.08. The van der Waals surface area contributed by atoms with Gasteiger partial charge < -0.3 is 10.2 Å². The van der Waals surface area contributed by atoms with Gasteiger partial charge in [0.25, 0.3) is 5.91 Å². The number of nitrogens with zero attached hydrogens (tertiary/aromatic N) is 2. The number of anilines is 2. The number of carbonyl (C=O) groups excluding carboxylic acids is 3. The van der Waals surface area contributed by atoms with Gasteiger partial charge in [-0.1, -0.05) is 24.3 Å². The number of aromatic nitrogens is 1. The third kappa shape index (κ3) is 4.53. The molecule has 0 bridgehead atoms. The van der Waals surface area contributed by atoms with Crippen LogP contribution in [0.1, 0.15) is 39.3 Å². The Morgan fingerprint density at radius 3 is 2.21 bits per heavy atom. The Bertz CT molecular complexity index is 1200. The molecule has 0 aliphatic carbocycles. The molecule has 1 fully saturated rings. The fourth-order valence-electron chi connectivity index (χ4n) is 4.32. The van der Waals surface area contributed by atoms with Crippen LogP contribution in [0.4, 0.5) is 11.4 Å². The summed E-state index contributed by atoms with van der Waals surface area (Å²) >= 11 is 0. The van der Waals surface area contributed by atoms with E-state index >= 15 is 0 Å². The van der Waals surface area contributed by atoms with E-state index in [0.717, 1.165) is 28.2 Å². The molecule has 3 aromatic rings. The number of aryl methyl sites for hydroxylation is 4. The minimum absolute atomic E-state index is 0.0573. The van der Waals surface area contributed by atoms with Gasteiger partial charge in [-0.3, -0.25) is 24.5 Å². The summed E-state index contributed by atoms with van der Waals surface area (Å²) in [6.45, 7) is 8.10. The Kier molecular flexibility index (Phi) is 6.05. The van der Waals surface area contributed by atoms with Gasteiger partial charge in [0.1, 0.15) is 0 Å². The maximum Gasteiger partial charge on any atom is 0.270 e. The lowest BCUT2D eigenvalue weighted by molar-refractivity contribution is -0.122. The van der Waals surface area contributed by atoms with Crippen LogP contribution in [0.5, 0.6) is 0 Å². The van der Waals surface area contributed by atoms with Crippen molar-refractivity contribution in [1.29, 1.82) is 0 Å². The van der Waals surface area contributed by atoms with Crippen LogP contribution < -0.4 is 15.6 Å². The van der Waals surface area contributed by atoms with E-state index in [-0.39, 0.29) is 24.1 Å². The van der Waals surface area contributed by atoms with E-state index < -0.39 is 5.92 Å². The highest BCUT2D eigenvalue weighted by atomic mass is 16.2. The minimum Gasteiger partial charge on any atom is -0.326 e. The van der Waals surface area contributed by atoms with Crippen molar-refractivity contribution in [2.45, 2.75) is 34.1 Å². The molecule has 0 radical (unpaired) electrons. The average Bonchev–Trinajstić information content (AvgIpc) is 3.31. The summed E-state index contributed by atoms with van der Waals surface area (Å²) in [5.41, 5.74) is 8.56. The summed E-state index contributed by atoms with van der Waals surface area (Å²) < 4.78 is 1.72. The quantitative estimate of drug-likeness (QED) is 0.622. The summed E-state index contributed by atoms with van der Waals surface area (Å²) in [4.78, 5) is 40.1. The number of rotatable bonds is 5. The van der Waals surface area contributed by atoms with Crippen molar-refractivity contribution in [3.8, 4) is 0 Å². The standard InChI is InChI=1S/C26H28N4O3/c1-16-7-5-8-17(2)24(16)29-15-21(14-23(29)31)25(32)27-22-10-6-9-20(13-22)26(33)28-30-18(3)11-12-19(30)4/h5-13,21H,14-15H2,1-4H3,(H,27,32)(H,28,33)/t21-/m0/s1. The lowest BCUT2D eigenvalue weighted by Gasteiger charge is -2.21. The van der Waals surface area contributed by atoms with E-state index in [9.17, 15) is 14.4 Å². The highest BCUT2D eigenvalue weighted by Crippen LogP contribution is 2.31. The first-order valence-electron chi connectivity index (χ1n) is 11.0. The molecule has 0 saturated carbocycles. The summed E-state index contributed by atoms with van der Waals surface area (Å²) in [5, 5.41) is 2.88. The van der Waals surface area contributed by atoms with Crippen LogP contribution in [0.3, 0.4) is 0 Å². The molecule has 170 valence electrons. The van der Waals surface area contributed by atoms with Crippen molar-refractivity contribution < 1.29 is 14.4 Å². The van der Waals surface area contributed by atoms with Gasteiger partial charge in [-0.15, -0.1) is 0 Å². The molecule has 7 heteroatoms. The molecule has 0 unspecified atom stereocenters. The average molecular weight is 445 g/mol. The highest BCUT2D eigenvalue weighted by molar-refractivity contribution is 6.05. The zero-order valence-corrected chi connectivity index (χ0v) is 19.3. The fraction of sp³-hybridized carbons (Fsp3) is 0.269. The Morgan fingerprint density at radius 1 is 0.909 bits per heavy atom. The van der Waals surface area contributed by atoms with Gasteiger partial charge in [0.2, 0.25) is 11.8 Å². The van der Waals surface area contributed by atoms with Crippen LogP contribution in [0.2, 0.25) is 0 Å². The van der Waals surface area contributed by atoms with E-state index in [1.165, 1.54) is 0 Å². The summed E-state index contributed by atoms with van der Waals surface area (Å²) in [7, 11) is 0. The predicted molar refractivity (Wildman–Crippen MR) is 129 cm³/mol. The Morgan fingerprint density at radius 2 is 1.55 bits per heavy atom. The van der Waals surface area contributed by atoms with Gasteiger partial charge in [-0.05, 0) is 69.2 Å². The summed E-state index contributed by atoms with van der Waals surface area (Å²) in [5.74, 6) is -1.02. The number of para-hydroxylation sites is 1. The minimum atomic E-state index is -0.459. The third-order valence-corrected chi connectivity index (χ3v) is 6.08. The molecule has 33 heavy (non-hydrogen) atoms. The van der Waals surface area contributed by atoms with Crippen molar-refractivity contribution >= 4 is 29.1 Å². The van der Waals surface area contributed by atoms with Crippen molar-refractivity contribution in [3.05, 3.63) is 82.7 Å². The van der Waals surface area contributed by atoms with Crippen molar-refractivity contribution in [1.82, 2.24) is 4.68 Å². The van der Waals surface area contributed by atoms with Gasteiger partial charge in [-0.25, -0.2) is 0 Å². The zero-order chi connectivity index (χ0) is 23.7. The first-order valence-corrected chi connectivity index (χ1v) is 11.0. The van der Waals surface area contributed by atoms with Gasteiger partial charge >= 0.3 is 0 Å². The maximum absolute atomic E-state index is 12.9. The van der Waals surface area contributed by atoms with E-state index in [1.807, 2.05) is 58.0 Å². The van der Waals surface area contributed by atoms with Crippen LogP contribution in [0.25, 0.3) is 0 Å². The summed E-state index contributed by atoms with van der Waals surface area (Å²) in [6, 6.07) is 16.5. The van der Waals surface area contributed by atoms with Crippen molar-refractivity contribution in [2.24, 2.45) is 5.92 Å². The Labute approximate surface area is 193 Å². The molecular weight excluding hydrogens is 416 g/mol. The smallest absolute Gasteiger partial charge is 0.270 e. The SMILES string of the molecule is Cc1cccc(C)c1N1C[C@@H](C(=O)Nc2cccc(C(=O)Nn3c(C)ccc3C)c2)CC1=O. The second-order valence-electron chi connectivity index (χ2n) is 8.61. The van der Waals surface area contributed by atoms with Gasteiger partial charge in [0.15, 0.2) is 0 Å². The second kappa shape index (κ2) is 8.94. The number of benzene rings is 2. The van der Waals surface area contributed by atoms with Crippen LogP contribution in [0.15, 0.2) is 54.6 Å². The van der Waals surface area contributed by atoms with Gasteiger partial charge in [-0.2, -0.15) is 0 Å². The molecule has 7 nitrogen and oxygen atoms in total. The molecule has 2 aromatic carbocycles. The molecule has 3 amide bonds. The second-order valence-corrected chi connectivity index (χ2v) is 8.61. The largest absolute Gasteiger partial charge is 0.326 e. The number of amides is 3. The predicted octanol–water partition coefficient (Wildman–Crippen LogP) is 4.10. The molecule has 2 N–H and O–H groups in total. The molecule has 1 saturated heterocycles. The molecule has 0 spiro atoms. The Balaban J connectivity index is 1.45. The summed E-state index contributed by atoms with van der Waals surface area (Å²) in [6.07, 6.45) is 0.159. The number of hydrogen-bond acceptors (Lipinski definition) is 3. The van der Waals surface area contributed by atoms with E-state index in [4.69, 9.17) is 0 Å². The van der Waals surface area contributed by atoms with Crippen LogP contribution in [0, 0.1) is 33.6 Å². The van der Waals surface area contributed by atoms with Crippen LogP contribution >= 0.6 is 0 Å². The molecule has 1 aromatic heterocycles. The molecule has 4 rings (SSSR count). The lowest BCUT2D eigenvalue weighted by Crippen LogP contribution is -2.29. The molecule has 1 aliphatic rings. The maximum atomic E-state index is 12.9. The number of hydrogen-bond donors (Lipinski definition) is 2. The van der Waals surface area contributed by atoms with Crippen molar-refractivity contribution in [2.75, 3.05) is 22.2 Å². The highest BCUT2D eigenvalue weighted by Gasteiger charge is 2.36. The molecule has 2 heterocycles. The monoisotopic (exact) mass is 444 g/mol. The van der Waals surface area contributed by atoms with Gasteiger partial charge in [0.05, 0.1) is 5.92 Å². The first-order chi connectivity index (χ1) is 15.7. The normalized spacial score (nSPS) is 15.6.